The summed E-state index contributed by atoms with van der Waals surface area (Å²) in [5.41, 5.74) is 1.81. The van der Waals surface area contributed by atoms with Crippen LogP contribution < -0.4 is 0 Å². The molecule has 0 spiro atoms. The van der Waals surface area contributed by atoms with E-state index in [1.165, 1.54) is 19.1 Å². The fourth-order valence-electron chi connectivity index (χ4n) is 2.57. The molecule has 1 heterocycles. The first-order valence-corrected chi connectivity index (χ1v) is 12.0. The lowest BCUT2D eigenvalue weighted by Crippen LogP contribution is -1.93. The van der Waals surface area contributed by atoms with Crippen molar-refractivity contribution in [2.24, 2.45) is 0 Å². The minimum absolute atomic E-state index is 0.0662. The Bertz CT molecular complexity index is 1040. The second kappa shape index (κ2) is 20.8. The maximum absolute atomic E-state index is 11.3. The van der Waals surface area contributed by atoms with E-state index in [9.17, 15) is 14.4 Å². The molecular formula is C31H36O4. The largest absolute Gasteiger partial charge is 0.460 e. The fourth-order valence-corrected chi connectivity index (χ4v) is 2.57. The molecule has 0 aliphatic heterocycles. The van der Waals surface area contributed by atoms with Gasteiger partial charge < -0.3 is 4.42 Å². The van der Waals surface area contributed by atoms with E-state index < -0.39 is 0 Å². The zero-order valence-electron chi connectivity index (χ0n) is 21.4. The molecule has 2 aromatic rings. The summed E-state index contributed by atoms with van der Waals surface area (Å²) in [4.78, 5) is 32.9. The molecule has 1 aromatic carbocycles. The molecule has 0 fully saturated rings. The van der Waals surface area contributed by atoms with E-state index in [1.54, 1.807) is 31.2 Å². The number of hydrogen-bond acceptors (Lipinski definition) is 4. The van der Waals surface area contributed by atoms with Crippen LogP contribution in [0.1, 0.15) is 98.6 Å². The van der Waals surface area contributed by atoms with Crippen LogP contribution in [0.2, 0.25) is 0 Å². The van der Waals surface area contributed by atoms with Crippen LogP contribution in [0, 0.1) is 42.9 Å². The predicted octanol–water partition coefficient (Wildman–Crippen LogP) is 7.02. The molecule has 4 heteroatoms. The second-order valence-electron chi connectivity index (χ2n) is 7.66. The summed E-state index contributed by atoms with van der Waals surface area (Å²) in [7, 11) is 0. The number of hydrogen-bond donors (Lipinski definition) is 0. The highest BCUT2D eigenvalue weighted by Crippen LogP contribution is 2.03. The molecule has 4 nitrogen and oxygen atoms in total. The van der Waals surface area contributed by atoms with Gasteiger partial charge in [0.25, 0.3) is 5.78 Å². The van der Waals surface area contributed by atoms with Crippen molar-refractivity contribution in [3.63, 3.8) is 0 Å². The number of unbranched alkanes of at least 4 members (excludes halogenated alkanes) is 5. The molecule has 0 amide bonds. The van der Waals surface area contributed by atoms with Crippen LogP contribution in [0.3, 0.4) is 0 Å². The monoisotopic (exact) mass is 472 g/mol. The SMILES string of the molecule is C#CC(=O)CCCCC.CC#CC(=O)c1ccc(C)cc1.CCCCCC#CC(=O)c1ccco1. The van der Waals surface area contributed by atoms with Gasteiger partial charge in [-0.3, -0.25) is 14.4 Å². The normalized spacial score (nSPS) is 8.77. The van der Waals surface area contributed by atoms with Gasteiger partial charge in [-0.2, -0.15) is 0 Å². The van der Waals surface area contributed by atoms with E-state index in [4.69, 9.17) is 10.8 Å². The highest BCUT2D eigenvalue weighted by Gasteiger charge is 2.03. The van der Waals surface area contributed by atoms with Gasteiger partial charge in [0.2, 0.25) is 11.6 Å². The average molecular weight is 473 g/mol. The van der Waals surface area contributed by atoms with Crippen LogP contribution in [0.15, 0.2) is 47.1 Å². The van der Waals surface area contributed by atoms with Gasteiger partial charge in [-0.1, -0.05) is 81.2 Å². The molecule has 35 heavy (non-hydrogen) atoms. The maximum atomic E-state index is 11.3. The Kier molecular flexibility index (Phi) is 18.5. The Morgan fingerprint density at radius 2 is 1.54 bits per heavy atom. The number of carbonyl (C=O) groups is 3. The number of benzene rings is 1. The summed E-state index contributed by atoms with van der Waals surface area (Å²) in [6.45, 7) is 7.88. The number of rotatable bonds is 9. The van der Waals surface area contributed by atoms with Crippen molar-refractivity contribution in [1.29, 1.82) is 0 Å². The van der Waals surface area contributed by atoms with Gasteiger partial charge in [-0.25, -0.2) is 0 Å². The molecule has 0 atom stereocenters. The summed E-state index contributed by atoms with van der Waals surface area (Å²) in [6.07, 6.45) is 14.3. The van der Waals surface area contributed by atoms with E-state index in [2.05, 4.69) is 43.4 Å². The van der Waals surface area contributed by atoms with Crippen molar-refractivity contribution in [3.05, 3.63) is 59.5 Å². The van der Waals surface area contributed by atoms with Crippen LogP contribution in [-0.4, -0.2) is 17.3 Å². The summed E-state index contributed by atoms with van der Waals surface area (Å²) in [5, 5.41) is 0. The predicted molar refractivity (Wildman–Crippen MR) is 142 cm³/mol. The minimum Gasteiger partial charge on any atom is -0.460 e. The number of ketones is 3. The van der Waals surface area contributed by atoms with E-state index in [0.29, 0.717) is 17.7 Å². The number of Topliss-reactive ketones (excluding diaryl/α,β-unsaturated/α-hetero) is 3. The molecule has 0 saturated carbocycles. The lowest BCUT2D eigenvalue weighted by molar-refractivity contribution is -0.113. The quantitative estimate of drug-likeness (QED) is 0.170. The smallest absolute Gasteiger partial charge is 0.271 e. The summed E-state index contributed by atoms with van der Waals surface area (Å²) >= 11 is 0. The number of furan rings is 1. The molecule has 2 rings (SSSR count). The number of aryl methyl sites for hydroxylation is 1. The van der Waals surface area contributed by atoms with Crippen molar-refractivity contribution >= 4 is 17.3 Å². The molecule has 0 radical (unpaired) electrons. The standard InChI is InChI=1S/C12H14O2.C11H10O.C8H12O/c1-2-3-4-5-6-8-11(13)12-9-7-10-14-12;1-3-4-11(12)10-7-5-9(2)6-8-10;1-3-5-6-7-8(9)4-2/h7,9-10H,2-5H2,1H3;5-8H,1-2H3;2H,3,5-7H2,1H3. The molecule has 0 unspecified atom stereocenters. The third-order valence-corrected chi connectivity index (χ3v) is 4.57. The van der Waals surface area contributed by atoms with Crippen LogP contribution >= 0.6 is 0 Å². The molecule has 0 aliphatic rings. The maximum Gasteiger partial charge on any atom is 0.271 e. The molecule has 0 N–H and O–H groups in total. The van der Waals surface area contributed by atoms with E-state index in [1.807, 2.05) is 19.1 Å². The summed E-state index contributed by atoms with van der Waals surface area (Å²) in [6, 6.07) is 10.7. The lowest BCUT2D eigenvalue weighted by atomic mass is 10.1. The van der Waals surface area contributed by atoms with Crippen LogP contribution in [-0.2, 0) is 4.79 Å². The Morgan fingerprint density at radius 1 is 0.886 bits per heavy atom. The first-order valence-electron chi connectivity index (χ1n) is 12.0. The topological polar surface area (TPSA) is 64.3 Å². The highest BCUT2D eigenvalue weighted by atomic mass is 16.3. The third kappa shape index (κ3) is 16.4. The van der Waals surface area contributed by atoms with Gasteiger partial charge in [0.05, 0.1) is 6.26 Å². The van der Waals surface area contributed by atoms with Gasteiger partial charge in [0.1, 0.15) is 0 Å². The van der Waals surface area contributed by atoms with E-state index >= 15 is 0 Å². The minimum atomic E-state index is -0.230. The third-order valence-electron chi connectivity index (χ3n) is 4.57. The van der Waals surface area contributed by atoms with Crippen molar-refractivity contribution in [2.45, 2.75) is 79.1 Å². The zero-order chi connectivity index (χ0) is 26.3. The van der Waals surface area contributed by atoms with E-state index in [0.717, 1.165) is 37.7 Å². The van der Waals surface area contributed by atoms with Gasteiger partial charge >= 0.3 is 0 Å². The summed E-state index contributed by atoms with van der Waals surface area (Å²) in [5.74, 6) is 12.5. The number of terminal acetylenes is 1. The molecule has 0 aliphatic carbocycles. The Balaban J connectivity index is 0.000000509. The van der Waals surface area contributed by atoms with Crippen molar-refractivity contribution in [3.8, 4) is 36.0 Å². The first-order chi connectivity index (χ1) is 16.9. The Morgan fingerprint density at radius 3 is 2.09 bits per heavy atom. The zero-order valence-corrected chi connectivity index (χ0v) is 21.4. The Labute approximate surface area is 210 Å². The average Bonchev–Trinajstić information content (AvgIpc) is 3.40. The molecule has 0 bridgehead atoms. The lowest BCUT2D eigenvalue weighted by Gasteiger charge is -1.93. The molecular weight excluding hydrogens is 436 g/mol. The fraction of sp³-hybridized carbons (Fsp3) is 0.387. The number of carbonyl (C=O) groups excluding carboxylic acids is 3. The van der Waals surface area contributed by atoms with Crippen molar-refractivity contribution < 1.29 is 18.8 Å². The van der Waals surface area contributed by atoms with Crippen LogP contribution in [0.4, 0.5) is 0 Å². The first kappa shape index (κ1) is 31.2. The van der Waals surface area contributed by atoms with Crippen molar-refractivity contribution in [1.82, 2.24) is 0 Å². The van der Waals surface area contributed by atoms with Gasteiger partial charge in [0.15, 0.2) is 5.76 Å². The van der Waals surface area contributed by atoms with Gasteiger partial charge in [0, 0.05) is 18.4 Å². The molecule has 0 saturated heterocycles. The molecule has 1 aromatic heterocycles. The Hall–Kier alpha value is -3.81. The van der Waals surface area contributed by atoms with Gasteiger partial charge in [-0.15, -0.1) is 6.42 Å². The summed E-state index contributed by atoms with van der Waals surface area (Å²) < 4.78 is 4.92. The van der Waals surface area contributed by atoms with E-state index in [-0.39, 0.29) is 17.3 Å². The van der Waals surface area contributed by atoms with Crippen LogP contribution in [0.25, 0.3) is 0 Å². The molecule has 184 valence electrons. The highest BCUT2D eigenvalue weighted by molar-refractivity contribution is 6.09. The van der Waals surface area contributed by atoms with Crippen LogP contribution in [0.5, 0.6) is 0 Å². The van der Waals surface area contributed by atoms with Gasteiger partial charge in [-0.05, 0) is 56.6 Å². The van der Waals surface area contributed by atoms with Crippen molar-refractivity contribution in [2.75, 3.05) is 0 Å². The second-order valence-corrected chi connectivity index (χ2v) is 7.66.